The summed E-state index contributed by atoms with van der Waals surface area (Å²) in [5, 5.41) is 2.51. The third-order valence-electron chi connectivity index (χ3n) is 8.89. The second-order valence-electron chi connectivity index (χ2n) is 11.8. The van der Waals surface area contributed by atoms with Crippen LogP contribution in [-0.2, 0) is 0 Å². The van der Waals surface area contributed by atoms with Crippen molar-refractivity contribution in [3.05, 3.63) is 200 Å². The molecule has 1 nitrogen and oxygen atoms in total. The monoisotopic (exact) mass is 599 g/mol. The Balaban J connectivity index is 1.14. The lowest BCUT2D eigenvalue weighted by Gasteiger charge is -2.26. The van der Waals surface area contributed by atoms with Gasteiger partial charge in [-0.3, -0.25) is 0 Å². The van der Waals surface area contributed by atoms with Crippen molar-refractivity contribution in [1.82, 2.24) is 0 Å². The van der Waals surface area contributed by atoms with Crippen molar-refractivity contribution in [2.24, 2.45) is 0 Å². The summed E-state index contributed by atoms with van der Waals surface area (Å²) in [6.45, 7) is 0. The SMILES string of the molecule is c1ccc(-c2ccccc2-c2ccc(N(c3ccccc3)c3ccc(-c4ccc5cccc(-c6ccccc6)c5c4)cc3)cc2)cc1. The maximum Gasteiger partial charge on any atom is 0.0462 e. The third-order valence-corrected chi connectivity index (χ3v) is 8.89. The van der Waals surface area contributed by atoms with E-state index in [1.165, 1.54) is 55.3 Å². The summed E-state index contributed by atoms with van der Waals surface area (Å²) < 4.78 is 0. The summed E-state index contributed by atoms with van der Waals surface area (Å²) in [6, 6.07) is 71.7. The van der Waals surface area contributed by atoms with Crippen molar-refractivity contribution in [2.75, 3.05) is 4.90 Å². The van der Waals surface area contributed by atoms with Gasteiger partial charge in [-0.2, -0.15) is 0 Å². The average molecular weight is 600 g/mol. The first-order chi connectivity index (χ1) is 23.3. The van der Waals surface area contributed by atoms with Gasteiger partial charge in [-0.15, -0.1) is 0 Å². The third kappa shape index (κ3) is 5.72. The second-order valence-corrected chi connectivity index (χ2v) is 11.8. The molecule has 0 bridgehead atoms. The molecule has 0 saturated heterocycles. The smallest absolute Gasteiger partial charge is 0.0462 e. The van der Waals surface area contributed by atoms with Gasteiger partial charge in [0.15, 0.2) is 0 Å². The quantitative estimate of drug-likeness (QED) is 0.176. The Morgan fingerprint density at radius 3 is 1.28 bits per heavy atom. The van der Waals surface area contributed by atoms with Crippen LogP contribution in [0.3, 0.4) is 0 Å². The number of benzene rings is 8. The van der Waals surface area contributed by atoms with Gasteiger partial charge in [-0.1, -0.05) is 158 Å². The molecule has 0 atom stereocenters. The summed E-state index contributed by atoms with van der Waals surface area (Å²) >= 11 is 0. The highest BCUT2D eigenvalue weighted by atomic mass is 15.1. The van der Waals surface area contributed by atoms with Gasteiger partial charge in [0.2, 0.25) is 0 Å². The molecule has 0 amide bonds. The van der Waals surface area contributed by atoms with Gasteiger partial charge < -0.3 is 4.90 Å². The van der Waals surface area contributed by atoms with E-state index in [0.717, 1.165) is 17.1 Å². The molecule has 0 N–H and O–H groups in total. The average Bonchev–Trinajstić information content (AvgIpc) is 3.16. The van der Waals surface area contributed by atoms with Crippen LogP contribution in [0.2, 0.25) is 0 Å². The maximum atomic E-state index is 2.33. The largest absolute Gasteiger partial charge is 0.311 e. The van der Waals surface area contributed by atoms with Crippen LogP contribution in [0.5, 0.6) is 0 Å². The van der Waals surface area contributed by atoms with Crippen LogP contribution < -0.4 is 4.90 Å². The molecule has 0 spiro atoms. The Bertz CT molecular complexity index is 2250. The lowest BCUT2D eigenvalue weighted by molar-refractivity contribution is 1.28. The summed E-state index contributed by atoms with van der Waals surface area (Å²) in [5.41, 5.74) is 13.1. The summed E-state index contributed by atoms with van der Waals surface area (Å²) in [7, 11) is 0. The molecule has 0 saturated carbocycles. The van der Waals surface area contributed by atoms with E-state index in [2.05, 4.69) is 205 Å². The van der Waals surface area contributed by atoms with Crippen LogP contribution in [0.1, 0.15) is 0 Å². The number of hydrogen-bond acceptors (Lipinski definition) is 1. The zero-order chi connectivity index (χ0) is 31.4. The van der Waals surface area contributed by atoms with Gasteiger partial charge in [0.05, 0.1) is 0 Å². The van der Waals surface area contributed by atoms with Gasteiger partial charge in [0.25, 0.3) is 0 Å². The van der Waals surface area contributed by atoms with Crippen molar-refractivity contribution in [2.45, 2.75) is 0 Å². The molecule has 8 aromatic carbocycles. The molecule has 0 aromatic heterocycles. The zero-order valence-corrected chi connectivity index (χ0v) is 26.0. The Labute approximate surface area is 276 Å². The van der Waals surface area contributed by atoms with Gasteiger partial charge in [-0.05, 0) is 97.7 Å². The van der Waals surface area contributed by atoms with Gasteiger partial charge in [-0.25, -0.2) is 0 Å². The van der Waals surface area contributed by atoms with E-state index < -0.39 is 0 Å². The second kappa shape index (κ2) is 12.7. The molecule has 8 aromatic rings. The minimum Gasteiger partial charge on any atom is -0.311 e. The van der Waals surface area contributed by atoms with Crippen LogP contribution in [0.15, 0.2) is 200 Å². The molecule has 0 aliphatic carbocycles. The minimum atomic E-state index is 1.11. The van der Waals surface area contributed by atoms with Crippen molar-refractivity contribution in [3.8, 4) is 44.5 Å². The fourth-order valence-corrected chi connectivity index (χ4v) is 6.54. The summed E-state index contributed by atoms with van der Waals surface area (Å²) in [6.07, 6.45) is 0. The number of anilines is 3. The topological polar surface area (TPSA) is 3.24 Å². The van der Waals surface area contributed by atoms with E-state index in [9.17, 15) is 0 Å². The fraction of sp³-hybridized carbons (Fsp3) is 0. The molecule has 0 aliphatic rings. The van der Waals surface area contributed by atoms with E-state index in [1.807, 2.05) is 0 Å². The van der Waals surface area contributed by atoms with Crippen molar-refractivity contribution < 1.29 is 0 Å². The number of rotatable bonds is 7. The first kappa shape index (κ1) is 28.3. The number of nitrogens with zero attached hydrogens (tertiary/aromatic N) is 1. The first-order valence-electron chi connectivity index (χ1n) is 16.1. The van der Waals surface area contributed by atoms with E-state index in [1.54, 1.807) is 0 Å². The predicted octanol–water partition coefficient (Wildman–Crippen LogP) is 13.0. The molecule has 0 radical (unpaired) electrons. The summed E-state index contributed by atoms with van der Waals surface area (Å²) in [4.78, 5) is 2.32. The normalized spacial score (nSPS) is 11.0. The first-order valence-corrected chi connectivity index (χ1v) is 16.1. The zero-order valence-electron chi connectivity index (χ0n) is 26.0. The Kier molecular flexibility index (Phi) is 7.63. The van der Waals surface area contributed by atoms with Crippen LogP contribution in [-0.4, -0.2) is 0 Å². The molecule has 222 valence electrons. The molecular weight excluding hydrogens is 567 g/mol. The molecule has 0 unspecified atom stereocenters. The molecule has 0 heterocycles. The highest BCUT2D eigenvalue weighted by Gasteiger charge is 2.14. The molecule has 0 aliphatic heterocycles. The highest BCUT2D eigenvalue weighted by Crippen LogP contribution is 2.39. The maximum absolute atomic E-state index is 2.33. The predicted molar refractivity (Wildman–Crippen MR) is 200 cm³/mol. The van der Waals surface area contributed by atoms with Crippen LogP contribution in [0.4, 0.5) is 17.1 Å². The number of para-hydroxylation sites is 1. The van der Waals surface area contributed by atoms with Crippen LogP contribution >= 0.6 is 0 Å². The molecule has 8 rings (SSSR count). The van der Waals surface area contributed by atoms with Crippen molar-refractivity contribution in [3.63, 3.8) is 0 Å². The summed E-state index contributed by atoms with van der Waals surface area (Å²) in [5.74, 6) is 0. The van der Waals surface area contributed by atoms with E-state index in [4.69, 9.17) is 0 Å². The lowest BCUT2D eigenvalue weighted by Crippen LogP contribution is -2.09. The highest BCUT2D eigenvalue weighted by molar-refractivity contribution is 5.99. The molecule has 1 heteroatoms. The number of hydrogen-bond donors (Lipinski definition) is 0. The van der Waals surface area contributed by atoms with E-state index >= 15 is 0 Å². The van der Waals surface area contributed by atoms with Crippen LogP contribution in [0.25, 0.3) is 55.3 Å². The van der Waals surface area contributed by atoms with Gasteiger partial charge in [0, 0.05) is 17.1 Å². The molecule has 47 heavy (non-hydrogen) atoms. The van der Waals surface area contributed by atoms with E-state index in [-0.39, 0.29) is 0 Å². The van der Waals surface area contributed by atoms with Gasteiger partial charge in [0.1, 0.15) is 0 Å². The fourth-order valence-electron chi connectivity index (χ4n) is 6.54. The van der Waals surface area contributed by atoms with Crippen molar-refractivity contribution >= 4 is 27.8 Å². The molecule has 0 fully saturated rings. The minimum absolute atomic E-state index is 1.11. The Morgan fingerprint density at radius 2 is 0.681 bits per heavy atom. The Hall–Kier alpha value is -6.18. The lowest BCUT2D eigenvalue weighted by atomic mass is 9.94. The molecular formula is C46H33N. The standard InChI is InChI=1S/C46H33N/c1-4-13-35(14-5-1)43-20-10-11-21-44(43)38-27-31-42(32-28-38)47(40-18-8-3-9-19-40)41-29-25-34(26-30-41)39-24-23-37-17-12-22-45(46(37)33-39)36-15-6-2-7-16-36/h1-33H. The Morgan fingerprint density at radius 1 is 0.255 bits per heavy atom. The number of fused-ring (bicyclic) bond motifs is 1. The van der Waals surface area contributed by atoms with E-state index in [0.29, 0.717) is 0 Å². The van der Waals surface area contributed by atoms with Crippen molar-refractivity contribution in [1.29, 1.82) is 0 Å². The van der Waals surface area contributed by atoms with Gasteiger partial charge >= 0.3 is 0 Å². The van der Waals surface area contributed by atoms with Crippen LogP contribution in [0, 0.1) is 0 Å².